The number of carbonyl (C=O) groups excluding carboxylic acids is 1. The number of nitro benzene ring substituents is 1. The fourth-order valence-electron chi connectivity index (χ4n) is 1.15. The second-order valence-corrected chi connectivity index (χ2v) is 3.93. The first kappa shape index (κ1) is 13.2. The van der Waals surface area contributed by atoms with Gasteiger partial charge in [-0.05, 0) is 12.1 Å². The van der Waals surface area contributed by atoms with Gasteiger partial charge < -0.3 is 15.8 Å². The Bertz CT molecular complexity index is 438. The van der Waals surface area contributed by atoms with E-state index in [0.29, 0.717) is 10.2 Å². The molecule has 0 atom stereocenters. The molecule has 0 aliphatic rings. The van der Waals surface area contributed by atoms with E-state index in [-0.39, 0.29) is 18.8 Å². The van der Waals surface area contributed by atoms with Crippen molar-refractivity contribution in [2.24, 2.45) is 5.73 Å². The number of nitrogens with two attached hydrogens (primary N) is 1. The Hall–Kier alpha value is -1.83. The molecule has 0 aliphatic carbocycles. The highest BCUT2D eigenvalue weighted by Crippen LogP contribution is 2.27. The molecule has 1 aromatic carbocycles. The summed E-state index contributed by atoms with van der Waals surface area (Å²) in [6.45, 7) is 0.277. The van der Waals surface area contributed by atoms with Crippen LogP contribution in [0, 0.1) is 10.1 Å². The number of nitrogens with one attached hydrogen (secondary N) is 1. The Kier molecular flexibility index (Phi) is 4.70. The van der Waals surface area contributed by atoms with E-state index in [2.05, 4.69) is 26.0 Å². The van der Waals surface area contributed by atoms with E-state index in [1.165, 1.54) is 6.07 Å². The fourth-order valence-corrected chi connectivity index (χ4v) is 1.51. The number of nitrogens with zero attached hydrogens (tertiary/aromatic N) is 1. The molecule has 1 rings (SSSR count). The highest BCUT2D eigenvalue weighted by molar-refractivity contribution is 9.10. The Morgan fingerprint density at radius 3 is 2.88 bits per heavy atom. The van der Waals surface area contributed by atoms with Crippen molar-refractivity contribution in [3.8, 4) is 0 Å². The SMILES string of the molecule is NC(=O)OCCNc1cc(Br)ccc1[N+](=O)[O-]. The maximum absolute atomic E-state index is 10.7. The third kappa shape index (κ3) is 4.27. The molecule has 8 heteroatoms. The predicted molar refractivity (Wildman–Crippen MR) is 64.8 cm³/mol. The normalized spacial score (nSPS) is 9.71. The van der Waals surface area contributed by atoms with Gasteiger partial charge in [0.1, 0.15) is 12.3 Å². The van der Waals surface area contributed by atoms with Crippen LogP contribution in [0.2, 0.25) is 0 Å². The molecule has 0 saturated carbocycles. The summed E-state index contributed by atoms with van der Waals surface area (Å²) in [5.41, 5.74) is 5.07. The molecule has 0 saturated heterocycles. The number of anilines is 1. The highest BCUT2D eigenvalue weighted by Gasteiger charge is 2.13. The molecule has 0 spiro atoms. The number of rotatable bonds is 5. The van der Waals surface area contributed by atoms with Crippen LogP contribution in [0.25, 0.3) is 0 Å². The van der Waals surface area contributed by atoms with Gasteiger partial charge in [0.2, 0.25) is 0 Å². The van der Waals surface area contributed by atoms with Crippen molar-refractivity contribution in [3.63, 3.8) is 0 Å². The summed E-state index contributed by atoms with van der Waals surface area (Å²) in [5, 5.41) is 13.5. The zero-order valence-electron chi connectivity index (χ0n) is 8.68. The zero-order valence-corrected chi connectivity index (χ0v) is 10.3. The van der Waals surface area contributed by atoms with E-state index in [1.54, 1.807) is 12.1 Å². The lowest BCUT2D eigenvalue weighted by molar-refractivity contribution is -0.384. The summed E-state index contributed by atoms with van der Waals surface area (Å²) >= 11 is 3.21. The number of hydrogen-bond donors (Lipinski definition) is 2. The number of ether oxygens (including phenoxy) is 1. The summed E-state index contributed by atoms with van der Waals surface area (Å²) in [5.74, 6) is 0. The van der Waals surface area contributed by atoms with Crippen molar-refractivity contribution in [1.82, 2.24) is 0 Å². The van der Waals surface area contributed by atoms with Gasteiger partial charge in [-0.2, -0.15) is 0 Å². The summed E-state index contributed by atoms with van der Waals surface area (Å²) < 4.78 is 5.20. The molecule has 92 valence electrons. The van der Waals surface area contributed by atoms with E-state index in [4.69, 9.17) is 5.73 Å². The van der Waals surface area contributed by atoms with Crippen molar-refractivity contribution in [1.29, 1.82) is 0 Å². The van der Waals surface area contributed by atoms with Crippen LogP contribution in [0.5, 0.6) is 0 Å². The van der Waals surface area contributed by atoms with Gasteiger partial charge in [0.15, 0.2) is 0 Å². The first-order valence-electron chi connectivity index (χ1n) is 4.60. The van der Waals surface area contributed by atoms with Crippen molar-refractivity contribution in [3.05, 3.63) is 32.8 Å². The monoisotopic (exact) mass is 303 g/mol. The molecule has 17 heavy (non-hydrogen) atoms. The van der Waals surface area contributed by atoms with Gasteiger partial charge in [-0.1, -0.05) is 15.9 Å². The standard InChI is InChI=1S/C9H10BrN3O4/c10-6-1-2-8(13(15)16)7(5-6)12-3-4-17-9(11)14/h1-2,5,12H,3-4H2,(H2,11,14). The lowest BCUT2D eigenvalue weighted by Gasteiger charge is -2.07. The van der Waals surface area contributed by atoms with Crippen LogP contribution >= 0.6 is 15.9 Å². The maximum Gasteiger partial charge on any atom is 0.404 e. The van der Waals surface area contributed by atoms with Crippen molar-refractivity contribution < 1.29 is 14.5 Å². The van der Waals surface area contributed by atoms with Crippen LogP contribution in [0.1, 0.15) is 0 Å². The molecular weight excluding hydrogens is 294 g/mol. The third-order valence-electron chi connectivity index (χ3n) is 1.82. The Morgan fingerprint density at radius 2 is 2.29 bits per heavy atom. The van der Waals surface area contributed by atoms with E-state index in [1.807, 2.05) is 0 Å². The van der Waals surface area contributed by atoms with Crippen LogP contribution in [-0.2, 0) is 4.74 Å². The average molecular weight is 304 g/mol. The number of hydrogen-bond acceptors (Lipinski definition) is 5. The maximum atomic E-state index is 10.7. The molecule has 0 aliphatic heterocycles. The average Bonchev–Trinajstić information content (AvgIpc) is 2.23. The molecule has 0 aromatic heterocycles. The van der Waals surface area contributed by atoms with Crippen molar-refractivity contribution in [2.75, 3.05) is 18.5 Å². The Balaban J connectivity index is 2.65. The highest BCUT2D eigenvalue weighted by atomic mass is 79.9. The van der Waals surface area contributed by atoms with Crippen LogP contribution < -0.4 is 11.1 Å². The molecule has 0 heterocycles. The zero-order chi connectivity index (χ0) is 12.8. The van der Waals surface area contributed by atoms with Crippen LogP contribution in [0.15, 0.2) is 22.7 Å². The molecule has 0 bridgehead atoms. The van der Waals surface area contributed by atoms with E-state index >= 15 is 0 Å². The quantitative estimate of drug-likeness (QED) is 0.490. The van der Waals surface area contributed by atoms with Crippen molar-refractivity contribution in [2.45, 2.75) is 0 Å². The van der Waals surface area contributed by atoms with E-state index in [9.17, 15) is 14.9 Å². The lowest BCUT2D eigenvalue weighted by atomic mass is 10.2. The predicted octanol–water partition coefficient (Wildman–Crippen LogP) is 1.86. The molecule has 0 fully saturated rings. The van der Waals surface area contributed by atoms with Crippen LogP contribution in [0.3, 0.4) is 0 Å². The van der Waals surface area contributed by atoms with Gasteiger partial charge in [-0.15, -0.1) is 0 Å². The number of amides is 1. The molecule has 1 aromatic rings. The van der Waals surface area contributed by atoms with Crippen LogP contribution in [0.4, 0.5) is 16.2 Å². The van der Waals surface area contributed by atoms with E-state index in [0.717, 1.165) is 0 Å². The first-order chi connectivity index (χ1) is 8.00. The summed E-state index contributed by atoms with van der Waals surface area (Å²) in [6, 6.07) is 4.52. The lowest BCUT2D eigenvalue weighted by Crippen LogP contribution is -2.18. The Morgan fingerprint density at radius 1 is 1.59 bits per heavy atom. The topological polar surface area (TPSA) is 107 Å². The van der Waals surface area contributed by atoms with Gasteiger partial charge in [0.05, 0.1) is 4.92 Å². The third-order valence-corrected chi connectivity index (χ3v) is 2.31. The van der Waals surface area contributed by atoms with Gasteiger partial charge in [0.25, 0.3) is 5.69 Å². The number of primary amides is 1. The van der Waals surface area contributed by atoms with Gasteiger partial charge in [0, 0.05) is 17.1 Å². The molecule has 0 radical (unpaired) electrons. The molecule has 7 nitrogen and oxygen atoms in total. The van der Waals surface area contributed by atoms with Gasteiger partial charge >= 0.3 is 6.09 Å². The van der Waals surface area contributed by atoms with E-state index < -0.39 is 11.0 Å². The summed E-state index contributed by atoms with van der Waals surface area (Å²) in [4.78, 5) is 20.5. The minimum absolute atomic E-state index is 0.0407. The summed E-state index contributed by atoms with van der Waals surface area (Å²) in [6.07, 6.45) is -0.879. The molecule has 3 N–H and O–H groups in total. The van der Waals surface area contributed by atoms with Gasteiger partial charge in [-0.3, -0.25) is 10.1 Å². The minimum Gasteiger partial charge on any atom is -0.448 e. The fraction of sp³-hybridized carbons (Fsp3) is 0.222. The van der Waals surface area contributed by atoms with Gasteiger partial charge in [-0.25, -0.2) is 4.79 Å². The second kappa shape index (κ2) is 6.04. The molecular formula is C9H10BrN3O4. The number of carbonyl (C=O) groups is 1. The molecule has 1 amide bonds. The van der Waals surface area contributed by atoms with Crippen LogP contribution in [-0.4, -0.2) is 24.2 Å². The first-order valence-corrected chi connectivity index (χ1v) is 5.40. The number of halogens is 1. The largest absolute Gasteiger partial charge is 0.448 e. The minimum atomic E-state index is -0.879. The van der Waals surface area contributed by atoms with Crippen molar-refractivity contribution >= 4 is 33.4 Å². The number of benzene rings is 1. The summed E-state index contributed by atoms with van der Waals surface area (Å²) in [7, 11) is 0. The molecule has 0 unspecified atom stereocenters. The number of nitro groups is 1. The smallest absolute Gasteiger partial charge is 0.404 e. The second-order valence-electron chi connectivity index (χ2n) is 3.01. The Labute approximate surface area is 105 Å².